The molecule has 0 bridgehead atoms. The van der Waals surface area contributed by atoms with Gasteiger partial charge < -0.3 is 10.4 Å². The van der Waals surface area contributed by atoms with Gasteiger partial charge in [-0.3, -0.25) is 24.1 Å². The molecule has 2 aliphatic rings. The number of nitrogens with one attached hydrogen (secondary N) is 1. The zero-order valence-corrected chi connectivity index (χ0v) is 16.6. The first-order valence-corrected chi connectivity index (χ1v) is 9.46. The summed E-state index contributed by atoms with van der Waals surface area (Å²) in [5.41, 5.74) is 0.489. The van der Waals surface area contributed by atoms with Crippen molar-refractivity contribution in [3.05, 3.63) is 77.5 Å². The lowest BCUT2D eigenvalue weighted by Crippen LogP contribution is -2.50. The van der Waals surface area contributed by atoms with Crippen molar-refractivity contribution in [3.8, 4) is 5.75 Å². The number of imide groups is 1. The van der Waals surface area contributed by atoms with E-state index in [4.69, 9.17) is 12.2 Å². The normalized spacial score (nSPS) is 17.8. The summed E-state index contributed by atoms with van der Waals surface area (Å²) < 4.78 is 0. The van der Waals surface area contributed by atoms with E-state index in [0.717, 1.165) is 11.1 Å². The molecule has 1 fully saturated rings. The molecule has 2 aromatic rings. The number of hydrogen-bond acceptors (Lipinski definition) is 7. The number of carbonyl (C=O) groups is 4. The van der Waals surface area contributed by atoms with Crippen LogP contribution in [0.4, 0.5) is 0 Å². The number of nitrogens with zero attached hydrogens (tertiary/aromatic N) is 3. The number of rotatable bonds is 3. The molecule has 2 heterocycles. The third-order valence-corrected chi connectivity index (χ3v) is 4.85. The molecule has 0 saturated carbocycles. The fourth-order valence-corrected chi connectivity index (χ4v) is 3.33. The number of para-hydroxylation sites is 1. The molecule has 0 spiro atoms. The molecule has 2 aliphatic heterocycles. The van der Waals surface area contributed by atoms with Gasteiger partial charge >= 0.3 is 0 Å². The molecule has 1 saturated heterocycles. The Kier molecular flexibility index (Phi) is 5.14. The second-order valence-electron chi connectivity index (χ2n) is 6.59. The van der Waals surface area contributed by atoms with Crippen molar-refractivity contribution in [3.63, 3.8) is 0 Å². The van der Waals surface area contributed by atoms with Crippen LogP contribution >= 0.6 is 12.2 Å². The van der Waals surface area contributed by atoms with Gasteiger partial charge in [0.05, 0.1) is 11.1 Å². The number of aromatic hydroxyl groups is 1. The largest absolute Gasteiger partial charge is 0.507 e. The van der Waals surface area contributed by atoms with Gasteiger partial charge in [0, 0.05) is 11.8 Å². The molecule has 154 valence electrons. The van der Waals surface area contributed by atoms with Crippen LogP contribution in [0.3, 0.4) is 0 Å². The maximum Gasteiger partial charge on any atom is 0.285 e. The van der Waals surface area contributed by atoms with E-state index in [9.17, 15) is 24.3 Å². The van der Waals surface area contributed by atoms with Gasteiger partial charge in [0.2, 0.25) is 11.8 Å². The van der Waals surface area contributed by atoms with E-state index in [1.54, 1.807) is 42.5 Å². The standard InChI is InChI=1S/C21H14N4O5S/c26-15-9-5-4-8-13(15)19(29)25-20(30)14(18(23-25)12-6-2-1-3-7-12)11-24-17(28)10-16(27)22-21(24)31/h1-9,11,26H,10H2,(H,22,27,31)/b14-11-. The first kappa shape index (κ1) is 20.1. The Morgan fingerprint density at radius 2 is 1.74 bits per heavy atom. The van der Waals surface area contributed by atoms with Gasteiger partial charge in [0.25, 0.3) is 11.8 Å². The molecule has 2 N–H and O–H groups in total. The molecule has 0 atom stereocenters. The van der Waals surface area contributed by atoms with Crippen LogP contribution in [0, 0.1) is 0 Å². The molecule has 0 aromatic heterocycles. The molecular formula is C21H14N4O5S. The molecule has 4 amide bonds. The van der Waals surface area contributed by atoms with E-state index in [1.165, 1.54) is 12.1 Å². The van der Waals surface area contributed by atoms with Crippen LogP contribution in [-0.4, -0.2) is 49.5 Å². The van der Waals surface area contributed by atoms with Crippen LogP contribution in [0.5, 0.6) is 5.75 Å². The van der Waals surface area contributed by atoms with E-state index >= 15 is 0 Å². The Morgan fingerprint density at radius 1 is 1.06 bits per heavy atom. The van der Waals surface area contributed by atoms with Crippen molar-refractivity contribution in [2.45, 2.75) is 6.42 Å². The molecule has 10 heteroatoms. The van der Waals surface area contributed by atoms with Gasteiger partial charge in [-0.2, -0.15) is 10.1 Å². The third-order valence-electron chi connectivity index (χ3n) is 4.56. The van der Waals surface area contributed by atoms with Crippen LogP contribution < -0.4 is 5.32 Å². The minimum absolute atomic E-state index is 0.0678. The maximum atomic E-state index is 13.1. The number of carbonyl (C=O) groups excluding carboxylic acids is 4. The Hall–Kier alpha value is -4.18. The van der Waals surface area contributed by atoms with Crippen LogP contribution in [0.25, 0.3) is 0 Å². The van der Waals surface area contributed by atoms with Crippen LogP contribution in [0.1, 0.15) is 22.3 Å². The second kappa shape index (κ2) is 7.92. The van der Waals surface area contributed by atoms with Gasteiger partial charge in [-0.05, 0) is 24.4 Å². The molecule has 2 aromatic carbocycles. The van der Waals surface area contributed by atoms with Crippen molar-refractivity contribution >= 4 is 46.7 Å². The lowest BCUT2D eigenvalue weighted by molar-refractivity contribution is -0.133. The molecule has 9 nitrogen and oxygen atoms in total. The number of amides is 4. The topological polar surface area (TPSA) is 119 Å². The Morgan fingerprint density at radius 3 is 2.42 bits per heavy atom. The molecule has 0 aliphatic carbocycles. The lowest BCUT2D eigenvalue weighted by Gasteiger charge is -2.24. The molecule has 0 unspecified atom stereocenters. The van der Waals surface area contributed by atoms with Crippen molar-refractivity contribution in [2.24, 2.45) is 5.10 Å². The molecule has 4 rings (SSSR count). The minimum atomic E-state index is -0.833. The number of hydrogen-bond donors (Lipinski definition) is 2. The van der Waals surface area contributed by atoms with Crippen LogP contribution in [0.15, 0.2) is 71.5 Å². The highest BCUT2D eigenvalue weighted by Crippen LogP contribution is 2.26. The van der Waals surface area contributed by atoms with Gasteiger partial charge in [-0.1, -0.05) is 42.5 Å². The first-order valence-electron chi connectivity index (χ1n) is 9.05. The molecule has 31 heavy (non-hydrogen) atoms. The fourth-order valence-electron chi connectivity index (χ4n) is 3.07. The predicted molar refractivity (Wildman–Crippen MR) is 113 cm³/mol. The average Bonchev–Trinajstić information content (AvgIpc) is 3.07. The van der Waals surface area contributed by atoms with Crippen molar-refractivity contribution in [2.75, 3.05) is 0 Å². The summed E-state index contributed by atoms with van der Waals surface area (Å²) in [5, 5.41) is 17.0. The fraction of sp³-hybridized carbons (Fsp3) is 0.0476. The molecule has 0 radical (unpaired) electrons. The number of hydrazone groups is 1. The maximum absolute atomic E-state index is 13.1. The highest BCUT2D eigenvalue weighted by Gasteiger charge is 2.38. The quantitative estimate of drug-likeness (QED) is 0.325. The Labute approximate surface area is 181 Å². The Balaban J connectivity index is 1.78. The SMILES string of the molecule is O=C1CC(=O)N(/C=C2\C(=O)N(C(=O)c3ccccc3O)N=C2c2ccccc2)C(=S)N1. The van der Waals surface area contributed by atoms with E-state index in [-0.39, 0.29) is 27.7 Å². The van der Waals surface area contributed by atoms with Gasteiger partial charge in [-0.25, -0.2) is 0 Å². The zero-order chi connectivity index (χ0) is 22.1. The minimum Gasteiger partial charge on any atom is -0.507 e. The summed E-state index contributed by atoms with van der Waals surface area (Å²) in [4.78, 5) is 50.8. The molecular weight excluding hydrogens is 420 g/mol. The number of thiocarbonyl (C=S) groups is 1. The van der Waals surface area contributed by atoms with Crippen molar-refractivity contribution in [1.82, 2.24) is 15.2 Å². The first-order chi connectivity index (χ1) is 14.9. The summed E-state index contributed by atoms with van der Waals surface area (Å²) in [5.74, 6) is -3.10. The lowest BCUT2D eigenvalue weighted by atomic mass is 10.0. The van der Waals surface area contributed by atoms with E-state index in [0.29, 0.717) is 10.6 Å². The van der Waals surface area contributed by atoms with Crippen molar-refractivity contribution in [1.29, 1.82) is 0 Å². The van der Waals surface area contributed by atoms with E-state index in [1.807, 2.05) is 0 Å². The van der Waals surface area contributed by atoms with E-state index < -0.39 is 30.0 Å². The van der Waals surface area contributed by atoms with Crippen LogP contribution in [-0.2, 0) is 14.4 Å². The third kappa shape index (κ3) is 3.71. The number of phenolic OH excluding ortho intramolecular Hbond substituents is 1. The number of benzene rings is 2. The number of phenols is 1. The van der Waals surface area contributed by atoms with Gasteiger partial charge in [0.15, 0.2) is 5.11 Å². The van der Waals surface area contributed by atoms with Gasteiger partial charge in [-0.15, -0.1) is 0 Å². The second-order valence-corrected chi connectivity index (χ2v) is 6.98. The summed E-state index contributed by atoms with van der Waals surface area (Å²) in [7, 11) is 0. The summed E-state index contributed by atoms with van der Waals surface area (Å²) >= 11 is 5.05. The van der Waals surface area contributed by atoms with E-state index in [2.05, 4.69) is 10.4 Å². The monoisotopic (exact) mass is 434 g/mol. The predicted octanol–water partition coefficient (Wildman–Crippen LogP) is 1.30. The summed E-state index contributed by atoms with van der Waals surface area (Å²) in [6, 6.07) is 14.4. The summed E-state index contributed by atoms with van der Waals surface area (Å²) in [6.07, 6.45) is 0.729. The van der Waals surface area contributed by atoms with Crippen molar-refractivity contribution < 1.29 is 24.3 Å². The highest BCUT2D eigenvalue weighted by atomic mass is 32.1. The van der Waals surface area contributed by atoms with Crippen LogP contribution in [0.2, 0.25) is 0 Å². The van der Waals surface area contributed by atoms with Gasteiger partial charge in [0.1, 0.15) is 17.9 Å². The summed E-state index contributed by atoms with van der Waals surface area (Å²) in [6.45, 7) is 0. The smallest absolute Gasteiger partial charge is 0.285 e. The average molecular weight is 434 g/mol. The Bertz CT molecular complexity index is 1190. The highest BCUT2D eigenvalue weighted by molar-refractivity contribution is 7.80. The zero-order valence-electron chi connectivity index (χ0n) is 15.8.